The summed E-state index contributed by atoms with van der Waals surface area (Å²) >= 11 is 4.87. The monoisotopic (exact) mass is 366 g/mol. The Morgan fingerprint density at radius 1 is 1.43 bits per heavy atom. The predicted molar refractivity (Wildman–Crippen MR) is 88.3 cm³/mol. The number of amides is 1. The molecule has 0 aliphatic rings. The Kier molecular flexibility index (Phi) is 6.01. The van der Waals surface area contributed by atoms with Crippen LogP contribution in [0.25, 0.3) is 0 Å². The highest BCUT2D eigenvalue weighted by molar-refractivity contribution is 9.10. The summed E-state index contributed by atoms with van der Waals surface area (Å²) in [5.74, 6) is 0.637. The molecule has 2 aromatic rings. The van der Waals surface area contributed by atoms with E-state index in [2.05, 4.69) is 38.0 Å². The van der Waals surface area contributed by atoms with Crippen molar-refractivity contribution >= 4 is 39.3 Å². The molecule has 1 N–H and O–H groups in total. The minimum atomic E-state index is -0.0143. The maximum atomic E-state index is 11.8. The molecule has 5 nitrogen and oxygen atoms in total. The number of thioether (sulfide) groups is 1. The number of hydrogen-bond acceptors (Lipinski definition) is 4. The van der Waals surface area contributed by atoms with Crippen molar-refractivity contribution in [2.24, 2.45) is 0 Å². The van der Waals surface area contributed by atoms with Crippen LogP contribution in [-0.2, 0) is 11.3 Å². The molecule has 0 saturated carbocycles. The Morgan fingerprint density at radius 3 is 2.90 bits per heavy atom. The lowest BCUT2D eigenvalue weighted by Gasteiger charge is -2.05. The summed E-state index contributed by atoms with van der Waals surface area (Å²) in [6.07, 6.45) is 3.86. The topological polar surface area (TPSA) is 59.8 Å². The summed E-state index contributed by atoms with van der Waals surface area (Å²) in [6.45, 7) is 4.35. The number of hydrogen-bond donors (Lipinski definition) is 1. The second-order valence-corrected chi connectivity index (χ2v) is 6.19. The summed E-state index contributed by atoms with van der Waals surface area (Å²) in [7, 11) is 0. The molecule has 0 unspecified atom stereocenters. The third-order valence-corrected chi connectivity index (χ3v) is 4.11. The van der Waals surface area contributed by atoms with E-state index >= 15 is 0 Å². The van der Waals surface area contributed by atoms with Crippen molar-refractivity contribution in [2.75, 3.05) is 11.1 Å². The summed E-state index contributed by atoms with van der Waals surface area (Å²) in [6, 6.07) is 7.50. The SMILES string of the molecule is C=CCn1cnnc1SCCC(=O)Nc1ccc(Br)cc1. The second kappa shape index (κ2) is 7.99. The zero-order valence-electron chi connectivity index (χ0n) is 11.3. The second-order valence-electron chi connectivity index (χ2n) is 4.21. The molecule has 0 saturated heterocycles. The number of nitrogens with one attached hydrogen (secondary N) is 1. The normalized spacial score (nSPS) is 10.3. The van der Waals surface area contributed by atoms with E-state index in [9.17, 15) is 4.79 Å². The van der Waals surface area contributed by atoms with Gasteiger partial charge in [0, 0.05) is 28.9 Å². The molecule has 1 aromatic carbocycles. The van der Waals surface area contributed by atoms with Crippen LogP contribution in [0.5, 0.6) is 0 Å². The van der Waals surface area contributed by atoms with Crippen LogP contribution in [0.3, 0.4) is 0 Å². The van der Waals surface area contributed by atoms with Crippen LogP contribution in [0.1, 0.15) is 6.42 Å². The Hall–Kier alpha value is -1.60. The maximum absolute atomic E-state index is 11.8. The lowest BCUT2D eigenvalue weighted by atomic mass is 10.3. The van der Waals surface area contributed by atoms with Gasteiger partial charge >= 0.3 is 0 Å². The molecule has 7 heteroatoms. The third kappa shape index (κ3) is 5.02. The zero-order chi connectivity index (χ0) is 15.1. The van der Waals surface area contributed by atoms with Gasteiger partial charge in [-0.15, -0.1) is 16.8 Å². The molecule has 0 radical (unpaired) electrons. The van der Waals surface area contributed by atoms with Crippen LogP contribution in [0.4, 0.5) is 5.69 Å². The minimum absolute atomic E-state index is 0.0143. The fraction of sp³-hybridized carbons (Fsp3) is 0.214. The van der Waals surface area contributed by atoms with Crippen molar-refractivity contribution < 1.29 is 4.79 Å². The van der Waals surface area contributed by atoms with E-state index in [1.54, 1.807) is 12.4 Å². The summed E-state index contributed by atoms with van der Waals surface area (Å²) < 4.78 is 2.88. The van der Waals surface area contributed by atoms with Gasteiger partial charge in [-0.25, -0.2) is 0 Å². The number of allylic oxidation sites excluding steroid dienone is 1. The van der Waals surface area contributed by atoms with Gasteiger partial charge in [-0.05, 0) is 24.3 Å². The van der Waals surface area contributed by atoms with E-state index in [0.29, 0.717) is 18.7 Å². The van der Waals surface area contributed by atoms with Gasteiger partial charge in [0.2, 0.25) is 5.91 Å². The van der Waals surface area contributed by atoms with E-state index < -0.39 is 0 Å². The first-order valence-corrected chi connectivity index (χ1v) is 8.14. The van der Waals surface area contributed by atoms with Gasteiger partial charge in [-0.3, -0.25) is 4.79 Å². The number of anilines is 1. The van der Waals surface area contributed by atoms with Crippen molar-refractivity contribution in [3.8, 4) is 0 Å². The average Bonchev–Trinajstić information content (AvgIpc) is 2.89. The van der Waals surface area contributed by atoms with Crippen molar-refractivity contribution in [3.05, 3.63) is 47.7 Å². The Morgan fingerprint density at radius 2 is 2.19 bits per heavy atom. The van der Waals surface area contributed by atoms with E-state index in [-0.39, 0.29) is 5.91 Å². The minimum Gasteiger partial charge on any atom is -0.326 e. The highest BCUT2D eigenvalue weighted by Crippen LogP contribution is 2.17. The van der Waals surface area contributed by atoms with Crippen molar-refractivity contribution in [3.63, 3.8) is 0 Å². The maximum Gasteiger partial charge on any atom is 0.225 e. The van der Waals surface area contributed by atoms with Gasteiger partial charge in [-0.1, -0.05) is 33.8 Å². The van der Waals surface area contributed by atoms with Gasteiger partial charge in [0.25, 0.3) is 0 Å². The largest absolute Gasteiger partial charge is 0.326 e. The Bertz CT molecular complexity index is 612. The summed E-state index contributed by atoms with van der Waals surface area (Å²) in [5.41, 5.74) is 0.794. The molecule has 2 rings (SSSR count). The van der Waals surface area contributed by atoms with Gasteiger partial charge < -0.3 is 9.88 Å². The highest BCUT2D eigenvalue weighted by atomic mass is 79.9. The molecule has 110 valence electrons. The quantitative estimate of drug-likeness (QED) is 0.602. The van der Waals surface area contributed by atoms with Crippen LogP contribution in [0.2, 0.25) is 0 Å². The first-order chi connectivity index (χ1) is 10.2. The van der Waals surface area contributed by atoms with Crippen molar-refractivity contribution in [2.45, 2.75) is 18.1 Å². The Labute approximate surface area is 136 Å². The molecule has 1 amide bonds. The van der Waals surface area contributed by atoms with E-state index in [4.69, 9.17) is 0 Å². The number of carbonyl (C=O) groups is 1. The highest BCUT2D eigenvalue weighted by Gasteiger charge is 2.07. The molecule has 0 aliphatic carbocycles. The first-order valence-electron chi connectivity index (χ1n) is 6.36. The molecule has 21 heavy (non-hydrogen) atoms. The molecule has 0 fully saturated rings. The molecule has 0 aliphatic heterocycles. The molecular weight excluding hydrogens is 352 g/mol. The summed E-state index contributed by atoms with van der Waals surface area (Å²) in [5, 5.41) is 11.5. The van der Waals surface area contributed by atoms with Crippen LogP contribution in [-0.4, -0.2) is 26.4 Å². The number of halogens is 1. The van der Waals surface area contributed by atoms with Crippen LogP contribution in [0.15, 0.2) is 52.9 Å². The molecule has 1 heterocycles. The molecule has 0 atom stereocenters. The van der Waals surface area contributed by atoms with Gasteiger partial charge in [0.05, 0.1) is 0 Å². The number of aromatic nitrogens is 3. The number of rotatable bonds is 7. The zero-order valence-corrected chi connectivity index (χ0v) is 13.7. The summed E-state index contributed by atoms with van der Waals surface area (Å²) in [4.78, 5) is 11.8. The standard InChI is InChI=1S/C14H15BrN4OS/c1-2-8-19-10-16-18-14(19)21-9-7-13(20)17-12-5-3-11(15)4-6-12/h2-6,10H,1,7-9H2,(H,17,20). The van der Waals surface area contributed by atoms with Gasteiger partial charge in [0.15, 0.2) is 5.16 Å². The van der Waals surface area contributed by atoms with Gasteiger partial charge in [0.1, 0.15) is 6.33 Å². The molecule has 0 bridgehead atoms. The fourth-order valence-corrected chi connectivity index (χ4v) is 2.74. The fourth-order valence-electron chi connectivity index (χ4n) is 1.61. The van der Waals surface area contributed by atoms with Crippen LogP contribution in [0, 0.1) is 0 Å². The van der Waals surface area contributed by atoms with E-state index in [1.807, 2.05) is 28.8 Å². The third-order valence-electron chi connectivity index (χ3n) is 2.59. The lowest BCUT2D eigenvalue weighted by Crippen LogP contribution is -2.12. The average molecular weight is 367 g/mol. The number of nitrogens with zero attached hydrogens (tertiary/aromatic N) is 3. The van der Waals surface area contributed by atoms with Crippen molar-refractivity contribution in [1.29, 1.82) is 0 Å². The van der Waals surface area contributed by atoms with Crippen LogP contribution >= 0.6 is 27.7 Å². The van der Waals surface area contributed by atoms with Crippen molar-refractivity contribution in [1.82, 2.24) is 14.8 Å². The number of benzene rings is 1. The molecule has 0 spiro atoms. The predicted octanol–water partition coefficient (Wildman–Crippen LogP) is 3.35. The van der Waals surface area contributed by atoms with E-state index in [1.165, 1.54) is 11.8 Å². The smallest absolute Gasteiger partial charge is 0.225 e. The Balaban J connectivity index is 1.77. The first kappa shape index (κ1) is 15.8. The lowest BCUT2D eigenvalue weighted by molar-refractivity contribution is -0.115. The van der Waals surface area contributed by atoms with E-state index in [0.717, 1.165) is 15.3 Å². The van der Waals surface area contributed by atoms with Gasteiger partial charge in [-0.2, -0.15) is 0 Å². The number of carbonyl (C=O) groups excluding carboxylic acids is 1. The molecular formula is C14H15BrN4OS. The molecule has 1 aromatic heterocycles. The van der Waals surface area contributed by atoms with Crippen LogP contribution < -0.4 is 5.32 Å².